The van der Waals surface area contributed by atoms with Crippen LogP contribution in [-0.2, 0) is 0 Å². The SMILES string of the molecule is CC1=CC=CCN1C(=O)N(C)C. The van der Waals surface area contributed by atoms with Crippen molar-refractivity contribution < 1.29 is 4.79 Å². The molecule has 0 bridgehead atoms. The predicted molar refractivity (Wildman–Crippen MR) is 48.7 cm³/mol. The van der Waals surface area contributed by atoms with Crippen LogP contribution in [0.2, 0.25) is 0 Å². The van der Waals surface area contributed by atoms with Crippen molar-refractivity contribution in [1.82, 2.24) is 9.80 Å². The molecule has 0 fully saturated rings. The first kappa shape index (κ1) is 8.84. The highest BCUT2D eigenvalue weighted by atomic mass is 16.2. The molecule has 66 valence electrons. The van der Waals surface area contributed by atoms with Crippen molar-refractivity contribution in [3.05, 3.63) is 23.9 Å². The highest BCUT2D eigenvalue weighted by Crippen LogP contribution is 2.10. The van der Waals surface area contributed by atoms with Gasteiger partial charge in [0.05, 0.1) is 0 Å². The van der Waals surface area contributed by atoms with Crippen LogP contribution in [0.25, 0.3) is 0 Å². The van der Waals surface area contributed by atoms with Crippen molar-refractivity contribution in [3.8, 4) is 0 Å². The summed E-state index contributed by atoms with van der Waals surface area (Å²) >= 11 is 0. The number of amides is 2. The number of carbonyl (C=O) groups is 1. The molecule has 1 aliphatic rings. The Balaban J connectivity index is 2.71. The molecule has 12 heavy (non-hydrogen) atoms. The monoisotopic (exact) mass is 166 g/mol. The molecule has 1 heterocycles. The fourth-order valence-corrected chi connectivity index (χ4v) is 1.08. The third kappa shape index (κ3) is 1.67. The van der Waals surface area contributed by atoms with Crippen LogP contribution < -0.4 is 0 Å². The molecule has 0 spiro atoms. The molecule has 0 saturated heterocycles. The van der Waals surface area contributed by atoms with Gasteiger partial charge in [0.25, 0.3) is 0 Å². The zero-order valence-corrected chi connectivity index (χ0v) is 7.74. The Labute approximate surface area is 73.0 Å². The van der Waals surface area contributed by atoms with Gasteiger partial charge in [-0.25, -0.2) is 4.79 Å². The number of hydrogen-bond donors (Lipinski definition) is 0. The van der Waals surface area contributed by atoms with Gasteiger partial charge < -0.3 is 4.90 Å². The average Bonchev–Trinajstić information content (AvgIpc) is 2.04. The molecule has 0 aliphatic carbocycles. The molecule has 0 atom stereocenters. The number of allylic oxidation sites excluding steroid dienone is 3. The lowest BCUT2D eigenvalue weighted by Crippen LogP contribution is -2.38. The molecule has 0 N–H and O–H groups in total. The Morgan fingerprint density at radius 2 is 2.25 bits per heavy atom. The first-order chi connectivity index (χ1) is 5.63. The van der Waals surface area contributed by atoms with Crippen LogP contribution in [0.1, 0.15) is 6.92 Å². The predicted octanol–water partition coefficient (Wildman–Crippen LogP) is 1.44. The summed E-state index contributed by atoms with van der Waals surface area (Å²) in [6.07, 6.45) is 5.87. The Morgan fingerprint density at radius 3 is 2.75 bits per heavy atom. The van der Waals surface area contributed by atoms with Crippen molar-refractivity contribution in [3.63, 3.8) is 0 Å². The summed E-state index contributed by atoms with van der Waals surface area (Å²) in [6, 6.07) is 0.0353. The number of urea groups is 1. The van der Waals surface area contributed by atoms with Gasteiger partial charge in [-0.3, -0.25) is 4.90 Å². The second-order valence-electron chi connectivity index (χ2n) is 3.02. The van der Waals surface area contributed by atoms with E-state index in [-0.39, 0.29) is 6.03 Å². The minimum atomic E-state index is 0.0353. The quantitative estimate of drug-likeness (QED) is 0.534. The van der Waals surface area contributed by atoms with E-state index < -0.39 is 0 Å². The summed E-state index contributed by atoms with van der Waals surface area (Å²) in [5, 5.41) is 0. The third-order valence-electron chi connectivity index (χ3n) is 1.80. The topological polar surface area (TPSA) is 23.6 Å². The fraction of sp³-hybridized carbons (Fsp3) is 0.444. The van der Waals surface area contributed by atoms with E-state index in [2.05, 4.69) is 0 Å². The number of hydrogen-bond acceptors (Lipinski definition) is 1. The molecular weight excluding hydrogens is 152 g/mol. The summed E-state index contributed by atoms with van der Waals surface area (Å²) in [5.74, 6) is 0. The molecule has 0 aromatic carbocycles. The zero-order valence-electron chi connectivity index (χ0n) is 7.74. The Morgan fingerprint density at radius 1 is 1.58 bits per heavy atom. The van der Waals surface area contributed by atoms with E-state index in [1.165, 1.54) is 0 Å². The van der Waals surface area contributed by atoms with Gasteiger partial charge in [0.15, 0.2) is 0 Å². The second kappa shape index (κ2) is 3.43. The van der Waals surface area contributed by atoms with Crippen LogP contribution in [0.3, 0.4) is 0 Å². The van der Waals surface area contributed by atoms with Crippen LogP contribution >= 0.6 is 0 Å². The number of carbonyl (C=O) groups excluding carboxylic acids is 1. The van der Waals surface area contributed by atoms with Gasteiger partial charge >= 0.3 is 6.03 Å². The second-order valence-corrected chi connectivity index (χ2v) is 3.02. The van der Waals surface area contributed by atoms with Gasteiger partial charge in [-0.2, -0.15) is 0 Å². The van der Waals surface area contributed by atoms with Gasteiger partial charge in [-0.15, -0.1) is 0 Å². The highest BCUT2D eigenvalue weighted by Gasteiger charge is 2.16. The largest absolute Gasteiger partial charge is 0.330 e. The zero-order chi connectivity index (χ0) is 9.14. The minimum Gasteiger partial charge on any atom is -0.330 e. The van der Waals surface area contributed by atoms with Crippen molar-refractivity contribution in [2.75, 3.05) is 20.6 Å². The van der Waals surface area contributed by atoms with Gasteiger partial charge in [0.1, 0.15) is 0 Å². The van der Waals surface area contributed by atoms with Crippen LogP contribution in [-0.4, -0.2) is 36.5 Å². The van der Waals surface area contributed by atoms with E-state index in [9.17, 15) is 4.79 Å². The van der Waals surface area contributed by atoms with Gasteiger partial charge in [0.2, 0.25) is 0 Å². The Hall–Kier alpha value is -1.25. The highest BCUT2D eigenvalue weighted by molar-refractivity contribution is 5.76. The van der Waals surface area contributed by atoms with Crippen molar-refractivity contribution >= 4 is 6.03 Å². The lowest BCUT2D eigenvalue weighted by Gasteiger charge is -2.26. The Kier molecular flexibility index (Phi) is 2.53. The maximum absolute atomic E-state index is 11.5. The average molecular weight is 166 g/mol. The molecule has 1 aliphatic heterocycles. The van der Waals surface area contributed by atoms with Gasteiger partial charge in [0, 0.05) is 26.3 Å². The molecule has 0 unspecified atom stereocenters. The summed E-state index contributed by atoms with van der Waals surface area (Å²) in [4.78, 5) is 14.8. The van der Waals surface area contributed by atoms with E-state index in [1.54, 1.807) is 23.9 Å². The lowest BCUT2D eigenvalue weighted by molar-refractivity contribution is 0.188. The summed E-state index contributed by atoms with van der Waals surface area (Å²) in [5.41, 5.74) is 0.996. The third-order valence-corrected chi connectivity index (χ3v) is 1.80. The Bertz CT molecular complexity index is 241. The first-order valence-electron chi connectivity index (χ1n) is 3.95. The molecule has 3 nitrogen and oxygen atoms in total. The van der Waals surface area contributed by atoms with E-state index >= 15 is 0 Å². The van der Waals surface area contributed by atoms with Crippen molar-refractivity contribution in [2.45, 2.75) is 6.92 Å². The standard InChI is InChI=1S/C9H14N2O/c1-8-6-4-5-7-11(8)9(12)10(2)3/h4-6H,7H2,1-3H3. The maximum Gasteiger partial charge on any atom is 0.323 e. The van der Waals surface area contributed by atoms with Gasteiger partial charge in [-0.1, -0.05) is 12.2 Å². The van der Waals surface area contributed by atoms with Crippen LogP contribution in [0.5, 0.6) is 0 Å². The molecular formula is C9H14N2O. The molecule has 0 aromatic rings. The van der Waals surface area contributed by atoms with Crippen LogP contribution in [0, 0.1) is 0 Å². The minimum absolute atomic E-state index is 0.0353. The number of rotatable bonds is 0. The molecule has 1 rings (SSSR count). The first-order valence-corrected chi connectivity index (χ1v) is 3.95. The molecule has 0 saturated carbocycles. The summed E-state index contributed by atoms with van der Waals surface area (Å²) < 4.78 is 0. The van der Waals surface area contributed by atoms with E-state index in [0.29, 0.717) is 6.54 Å². The van der Waals surface area contributed by atoms with Crippen LogP contribution in [0.15, 0.2) is 23.9 Å². The van der Waals surface area contributed by atoms with Gasteiger partial charge in [-0.05, 0) is 13.0 Å². The van der Waals surface area contributed by atoms with Crippen LogP contribution in [0.4, 0.5) is 4.79 Å². The molecule has 3 heteroatoms. The van der Waals surface area contributed by atoms with Crippen molar-refractivity contribution in [1.29, 1.82) is 0 Å². The summed E-state index contributed by atoms with van der Waals surface area (Å²) in [6.45, 7) is 2.62. The molecule has 2 amide bonds. The fourth-order valence-electron chi connectivity index (χ4n) is 1.08. The molecule has 0 aromatic heterocycles. The van der Waals surface area contributed by atoms with E-state index in [4.69, 9.17) is 0 Å². The normalized spacial score (nSPS) is 15.9. The molecule has 0 radical (unpaired) electrons. The van der Waals surface area contributed by atoms with E-state index in [0.717, 1.165) is 5.70 Å². The van der Waals surface area contributed by atoms with Crippen molar-refractivity contribution in [2.24, 2.45) is 0 Å². The lowest BCUT2D eigenvalue weighted by atomic mass is 10.3. The maximum atomic E-state index is 11.5. The number of nitrogens with zero attached hydrogens (tertiary/aromatic N) is 2. The smallest absolute Gasteiger partial charge is 0.323 e. The van der Waals surface area contributed by atoms with E-state index in [1.807, 2.05) is 25.2 Å². The summed E-state index contributed by atoms with van der Waals surface area (Å²) in [7, 11) is 3.52.